The van der Waals surface area contributed by atoms with E-state index in [2.05, 4.69) is 0 Å². The summed E-state index contributed by atoms with van der Waals surface area (Å²) in [7, 11) is 0. The van der Waals surface area contributed by atoms with Gasteiger partial charge >= 0.3 is 0 Å². The van der Waals surface area contributed by atoms with Crippen molar-refractivity contribution in [2.75, 3.05) is 13.2 Å². The van der Waals surface area contributed by atoms with E-state index < -0.39 is 34.6 Å². The summed E-state index contributed by atoms with van der Waals surface area (Å²) in [6.45, 7) is 5.79. The maximum absolute atomic E-state index is 13.5. The Balaban J connectivity index is 1.31. The molecule has 6 aromatic rings. The van der Waals surface area contributed by atoms with Gasteiger partial charge in [-0.25, -0.2) is 0 Å². The van der Waals surface area contributed by atoms with Crippen molar-refractivity contribution in [2.45, 2.75) is 74.9 Å². The molecule has 1 fully saturated rings. The van der Waals surface area contributed by atoms with Crippen LogP contribution in [0.25, 0.3) is 0 Å². The highest BCUT2D eigenvalue weighted by molar-refractivity contribution is 8.00. The van der Waals surface area contributed by atoms with E-state index in [4.69, 9.17) is 35.3 Å². The summed E-state index contributed by atoms with van der Waals surface area (Å²) < 4.78 is 32.9. The van der Waals surface area contributed by atoms with Gasteiger partial charge in [0.05, 0.1) is 44.9 Å². The van der Waals surface area contributed by atoms with Crippen molar-refractivity contribution in [2.24, 2.45) is 0 Å². The van der Waals surface area contributed by atoms with E-state index >= 15 is 0 Å². The first-order valence-electron chi connectivity index (χ1n) is 20.0. The van der Waals surface area contributed by atoms with Gasteiger partial charge in [0.1, 0.15) is 30.2 Å². The van der Waals surface area contributed by atoms with Gasteiger partial charge in [-0.15, -0.1) is 11.8 Å². The minimum absolute atomic E-state index is 0.203. The Kier molecular flexibility index (Phi) is 14.9. The van der Waals surface area contributed by atoms with Gasteiger partial charge in [0.2, 0.25) is 0 Å². The number of benzene rings is 6. The lowest BCUT2D eigenvalue weighted by Gasteiger charge is -2.50. The Hall–Kier alpha value is -4.48. The number of hydrogen-bond donors (Lipinski definition) is 2. The molecule has 0 amide bonds. The van der Waals surface area contributed by atoms with Gasteiger partial charge in [0.25, 0.3) is 0 Å². The molecule has 0 aromatic heterocycles. The lowest BCUT2D eigenvalue weighted by molar-refractivity contribution is -0.199. The molecule has 0 spiro atoms. The predicted octanol–water partition coefficient (Wildman–Crippen LogP) is 10.4. The zero-order chi connectivity index (χ0) is 41.0. The average molecular weight is 831 g/mol. The molecule has 6 atom stereocenters. The second-order valence-electron chi connectivity index (χ2n) is 14.7. The predicted molar refractivity (Wildman–Crippen MR) is 234 cm³/mol. The highest BCUT2D eigenvalue weighted by atomic mass is 35.5. The summed E-state index contributed by atoms with van der Waals surface area (Å²) in [6, 6.07) is 50.8. The average Bonchev–Trinajstić information content (AvgIpc) is 3.26. The van der Waals surface area contributed by atoms with Gasteiger partial charge < -0.3 is 33.9 Å². The fourth-order valence-electron chi connectivity index (χ4n) is 7.44. The molecule has 2 N–H and O–H groups in total. The molecule has 7 nitrogen and oxygen atoms in total. The Morgan fingerprint density at radius 3 is 1.69 bits per heavy atom. The second-order valence-corrected chi connectivity index (χ2v) is 16.6. The molecule has 0 saturated carbocycles. The van der Waals surface area contributed by atoms with E-state index in [-0.39, 0.29) is 19.8 Å². The molecule has 1 heterocycles. The van der Waals surface area contributed by atoms with Gasteiger partial charge in [0, 0.05) is 10.6 Å². The van der Waals surface area contributed by atoms with Crippen LogP contribution >= 0.6 is 23.4 Å². The lowest BCUT2D eigenvalue weighted by atomic mass is 9.90. The zero-order valence-electron chi connectivity index (χ0n) is 33.4. The van der Waals surface area contributed by atoms with Crippen LogP contribution in [0.2, 0.25) is 5.02 Å². The van der Waals surface area contributed by atoms with Crippen LogP contribution in [0.15, 0.2) is 158 Å². The van der Waals surface area contributed by atoms with Crippen LogP contribution in [-0.2, 0) is 50.3 Å². The quantitative estimate of drug-likeness (QED) is 0.0886. The molecular formula is C50H51ClO7S. The maximum atomic E-state index is 13.5. The molecular weight excluding hydrogens is 780 g/mol. The fraction of sp³-hybridized carbons (Fsp3) is 0.280. The van der Waals surface area contributed by atoms with Crippen LogP contribution in [0.5, 0.6) is 5.75 Å². The van der Waals surface area contributed by atoms with Crippen LogP contribution in [0.3, 0.4) is 0 Å². The third kappa shape index (κ3) is 10.8. The molecule has 1 aliphatic heterocycles. The number of ether oxygens (including phenoxy) is 5. The third-order valence-electron chi connectivity index (χ3n) is 10.5. The lowest BCUT2D eigenvalue weighted by Crippen LogP contribution is -2.61. The number of thioether (sulfide) groups is 1. The number of aliphatic hydroxyl groups is 2. The summed E-state index contributed by atoms with van der Waals surface area (Å²) in [5, 5.41) is 25.3. The zero-order valence-corrected chi connectivity index (χ0v) is 34.9. The minimum atomic E-state index is -1.73. The van der Waals surface area contributed by atoms with Crippen molar-refractivity contribution in [3.8, 4) is 5.75 Å². The summed E-state index contributed by atoms with van der Waals surface area (Å²) in [4.78, 5) is -1.73. The molecule has 59 heavy (non-hydrogen) atoms. The standard InChI is InChI=1S/C50H51ClO7S/c1-3-55-41-25-26-42(35(2)28-41)46(52)43-29-40(24-27-44(43)51)50(53)49(58-33-39-22-14-7-15-23-39)48(57-32-38-20-12-6-13-21-38)47(56-31-37-18-10-5-11-19-37)45(59-50)34-54-30-36-16-8-4-9-17-36/h4-29,45-49,52-53H,3,30-34H2,1-2H3/t45-,46?,47+,48-,49+,50-/m0/s1. The second kappa shape index (κ2) is 20.7. The minimum Gasteiger partial charge on any atom is -0.494 e. The van der Waals surface area contributed by atoms with Gasteiger partial charge in [-0.05, 0) is 77.1 Å². The monoisotopic (exact) mass is 830 g/mol. The molecule has 1 saturated heterocycles. The van der Waals surface area contributed by atoms with Crippen molar-refractivity contribution >= 4 is 23.4 Å². The Bertz CT molecular complexity index is 2190. The molecule has 0 radical (unpaired) electrons. The maximum Gasteiger partial charge on any atom is 0.165 e. The van der Waals surface area contributed by atoms with Crippen LogP contribution in [0.1, 0.15) is 57.5 Å². The van der Waals surface area contributed by atoms with Crippen molar-refractivity contribution < 1.29 is 33.9 Å². The normalized spacial score (nSPS) is 20.9. The SMILES string of the molecule is CCOc1ccc(C(O)c2cc([C@]3(O)S[C@@H](COCc4ccccc4)[C@@H](OCc4ccccc4)[C@H](OCc4ccccc4)[C@H]3OCc3ccccc3)ccc2Cl)c(C)c1. The molecule has 9 heteroatoms. The van der Waals surface area contributed by atoms with E-state index in [0.717, 1.165) is 33.6 Å². The van der Waals surface area contributed by atoms with E-state index in [1.54, 1.807) is 18.2 Å². The van der Waals surface area contributed by atoms with Gasteiger partial charge in [-0.2, -0.15) is 0 Å². The van der Waals surface area contributed by atoms with E-state index in [1.807, 2.05) is 153 Å². The third-order valence-corrected chi connectivity index (χ3v) is 12.4. The Labute approximate surface area is 356 Å². The largest absolute Gasteiger partial charge is 0.494 e. The molecule has 1 aliphatic rings. The number of aliphatic hydroxyl groups excluding tert-OH is 1. The van der Waals surface area contributed by atoms with Gasteiger partial charge in [-0.3, -0.25) is 0 Å². The Morgan fingerprint density at radius 1 is 0.627 bits per heavy atom. The summed E-state index contributed by atoms with van der Waals surface area (Å²) in [5.41, 5.74) is 6.44. The first-order valence-corrected chi connectivity index (χ1v) is 21.3. The van der Waals surface area contributed by atoms with Crippen molar-refractivity contribution in [1.29, 1.82) is 0 Å². The molecule has 0 bridgehead atoms. The molecule has 6 aromatic carbocycles. The van der Waals surface area contributed by atoms with Crippen LogP contribution in [-0.4, -0.2) is 47.0 Å². The topological polar surface area (TPSA) is 86.6 Å². The van der Waals surface area contributed by atoms with Crippen LogP contribution < -0.4 is 4.74 Å². The summed E-state index contributed by atoms with van der Waals surface area (Å²) in [6.07, 6.45) is -3.40. The highest BCUT2D eigenvalue weighted by Gasteiger charge is 2.57. The summed E-state index contributed by atoms with van der Waals surface area (Å²) >= 11 is 8.22. The first-order chi connectivity index (χ1) is 28.8. The molecule has 306 valence electrons. The summed E-state index contributed by atoms with van der Waals surface area (Å²) in [5.74, 6) is 0.721. The fourth-order valence-corrected chi connectivity index (χ4v) is 9.25. The first kappa shape index (κ1) is 42.6. The molecule has 1 unspecified atom stereocenters. The van der Waals surface area contributed by atoms with Crippen molar-refractivity contribution in [3.63, 3.8) is 0 Å². The van der Waals surface area contributed by atoms with Crippen molar-refractivity contribution in [3.05, 3.63) is 207 Å². The number of aryl methyl sites for hydroxylation is 1. The van der Waals surface area contributed by atoms with Gasteiger partial charge in [-0.1, -0.05) is 145 Å². The van der Waals surface area contributed by atoms with E-state index in [0.29, 0.717) is 41.5 Å². The number of halogens is 1. The smallest absolute Gasteiger partial charge is 0.165 e. The molecule has 0 aliphatic carbocycles. The van der Waals surface area contributed by atoms with Crippen LogP contribution in [0, 0.1) is 6.92 Å². The van der Waals surface area contributed by atoms with Gasteiger partial charge in [0.15, 0.2) is 4.93 Å². The van der Waals surface area contributed by atoms with Crippen molar-refractivity contribution in [1.82, 2.24) is 0 Å². The molecule has 7 rings (SSSR count). The number of hydrogen-bond acceptors (Lipinski definition) is 8. The Morgan fingerprint density at radius 2 is 1.15 bits per heavy atom. The van der Waals surface area contributed by atoms with Crippen LogP contribution in [0.4, 0.5) is 0 Å². The number of rotatable bonds is 18. The van der Waals surface area contributed by atoms with E-state index in [9.17, 15) is 10.2 Å². The highest BCUT2D eigenvalue weighted by Crippen LogP contribution is 2.51. The van der Waals surface area contributed by atoms with E-state index in [1.165, 1.54) is 11.8 Å².